The van der Waals surface area contributed by atoms with Gasteiger partial charge in [0.1, 0.15) is 17.6 Å². The van der Waals surface area contributed by atoms with Gasteiger partial charge in [-0.3, -0.25) is 9.59 Å². The van der Waals surface area contributed by atoms with Crippen LogP contribution in [0.15, 0.2) is 18.2 Å². The predicted molar refractivity (Wildman–Crippen MR) is 65.4 cm³/mol. The van der Waals surface area contributed by atoms with Crippen LogP contribution in [0, 0.1) is 5.82 Å². The molecule has 20 heavy (non-hydrogen) atoms. The van der Waals surface area contributed by atoms with Crippen LogP contribution in [0.5, 0.6) is 5.75 Å². The van der Waals surface area contributed by atoms with Crippen molar-refractivity contribution in [3.8, 4) is 5.75 Å². The second kappa shape index (κ2) is 6.50. The number of primary amides is 1. The van der Waals surface area contributed by atoms with Crippen LogP contribution in [-0.2, 0) is 9.59 Å². The van der Waals surface area contributed by atoms with E-state index in [1.54, 1.807) is 0 Å². The van der Waals surface area contributed by atoms with Crippen LogP contribution in [0.1, 0.15) is 23.2 Å². The summed E-state index contributed by atoms with van der Waals surface area (Å²) >= 11 is 0. The number of carbonyl (C=O) groups excluding carboxylic acids is 2. The third-order valence-electron chi connectivity index (χ3n) is 2.48. The third kappa shape index (κ3) is 4.23. The first-order valence-electron chi connectivity index (χ1n) is 5.61. The van der Waals surface area contributed by atoms with Crippen molar-refractivity contribution in [2.45, 2.75) is 18.9 Å². The number of nitrogens with one attached hydrogen (secondary N) is 1. The average molecular weight is 284 g/mol. The van der Waals surface area contributed by atoms with Gasteiger partial charge in [-0.2, -0.15) is 0 Å². The lowest BCUT2D eigenvalue weighted by molar-refractivity contribution is -0.139. The van der Waals surface area contributed by atoms with Gasteiger partial charge in [-0.15, -0.1) is 0 Å². The summed E-state index contributed by atoms with van der Waals surface area (Å²) in [6.45, 7) is 0. The molecule has 0 saturated heterocycles. The lowest BCUT2D eigenvalue weighted by Gasteiger charge is -2.14. The summed E-state index contributed by atoms with van der Waals surface area (Å²) in [5.41, 5.74) is 4.48. The van der Waals surface area contributed by atoms with Gasteiger partial charge in [-0.05, 0) is 18.6 Å². The molecule has 2 amide bonds. The molecule has 0 aliphatic rings. The summed E-state index contributed by atoms with van der Waals surface area (Å²) in [5, 5.41) is 20.0. The number of phenolic OH excluding ortho intramolecular Hbond substituents is 1. The Morgan fingerprint density at radius 3 is 2.50 bits per heavy atom. The molecule has 5 N–H and O–H groups in total. The molecular weight excluding hydrogens is 271 g/mol. The zero-order valence-corrected chi connectivity index (χ0v) is 10.3. The maximum absolute atomic E-state index is 13.4. The van der Waals surface area contributed by atoms with Crippen molar-refractivity contribution >= 4 is 17.8 Å². The maximum atomic E-state index is 13.4. The number of aliphatic carboxylic acids is 1. The van der Waals surface area contributed by atoms with E-state index in [0.717, 1.165) is 18.2 Å². The topological polar surface area (TPSA) is 130 Å². The molecule has 0 unspecified atom stereocenters. The minimum Gasteiger partial charge on any atom is -0.508 e. The van der Waals surface area contributed by atoms with Gasteiger partial charge in [0.25, 0.3) is 5.91 Å². The molecule has 1 atom stereocenters. The Hall–Kier alpha value is -2.64. The number of amides is 2. The minimum atomic E-state index is -1.36. The first-order valence-corrected chi connectivity index (χ1v) is 5.61. The molecule has 1 rings (SSSR count). The molecule has 0 bridgehead atoms. The first kappa shape index (κ1) is 15.4. The SMILES string of the molecule is NC(=O)CC[C@H](NC(=O)c1ccc(O)cc1F)C(=O)O. The van der Waals surface area contributed by atoms with Crippen molar-refractivity contribution in [1.29, 1.82) is 0 Å². The molecule has 7 nitrogen and oxygen atoms in total. The Kier molecular flexibility index (Phi) is 5.01. The molecule has 0 radical (unpaired) electrons. The number of benzene rings is 1. The molecule has 0 spiro atoms. The Morgan fingerprint density at radius 2 is 2.00 bits per heavy atom. The standard InChI is InChI=1S/C12H13FN2O5/c13-8-5-6(16)1-2-7(8)11(18)15-9(12(19)20)3-4-10(14)17/h1-2,5,9,16H,3-4H2,(H2,14,17)(H,15,18)(H,19,20)/t9-/m0/s1. The van der Waals surface area contributed by atoms with Crippen molar-refractivity contribution in [3.05, 3.63) is 29.6 Å². The summed E-state index contributed by atoms with van der Waals surface area (Å²) < 4.78 is 13.4. The predicted octanol–water partition coefficient (Wildman–Crippen LogP) is -0.0202. The molecule has 8 heteroatoms. The maximum Gasteiger partial charge on any atom is 0.326 e. The smallest absolute Gasteiger partial charge is 0.326 e. The van der Waals surface area contributed by atoms with E-state index in [2.05, 4.69) is 5.32 Å². The fourth-order valence-corrected chi connectivity index (χ4v) is 1.47. The Bertz CT molecular complexity index is 547. The molecule has 0 aromatic heterocycles. The van der Waals surface area contributed by atoms with Crippen LogP contribution >= 0.6 is 0 Å². The highest BCUT2D eigenvalue weighted by molar-refractivity contribution is 5.97. The van der Waals surface area contributed by atoms with Gasteiger partial charge in [0.2, 0.25) is 5.91 Å². The van der Waals surface area contributed by atoms with Crippen LogP contribution in [0.3, 0.4) is 0 Å². The summed E-state index contributed by atoms with van der Waals surface area (Å²) in [6, 6.07) is 1.49. The zero-order chi connectivity index (χ0) is 15.3. The summed E-state index contributed by atoms with van der Waals surface area (Å²) in [5.74, 6) is -4.37. The van der Waals surface area contributed by atoms with Gasteiger partial charge in [0.05, 0.1) is 5.56 Å². The van der Waals surface area contributed by atoms with Crippen molar-refractivity contribution in [3.63, 3.8) is 0 Å². The van der Waals surface area contributed by atoms with Crippen LogP contribution in [-0.4, -0.2) is 34.0 Å². The van der Waals surface area contributed by atoms with Gasteiger partial charge in [0.15, 0.2) is 0 Å². The summed E-state index contributed by atoms with van der Waals surface area (Å²) in [4.78, 5) is 33.2. The highest BCUT2D eigenvalue weighted by Gasteiger charge is 2.22. The first-order chi connectivity index (χ1) is 9.31. The summed E-state index contributed by atoms with van der Waals surface area (Å²) in [6.07, 6.45) is -0.425. The molecule has 0 aliphatic heterocycles. The number of halogens is 1. The average Bonchev–Trinajstić information content (AvgIpc) is 2.33. The highest BCUT2D eigenvalue weighted by Crippen LogP contribution is 2.15. The van der Waals surface area contributed by atoms with Crippen LogP contribution in [0.2, 0.25) is 0 Å². The van der Waals surface area contributed by atoms with Gasteiger partial charge < -0.3 is 21.3 Å². The van der Waals surface area contributed by atoms with E-state index in [9.17, 15) is 18.8 Å². The van der Waals surface area contributed by atoms with Gasteiger partial charge in [0, 0.05) is 12.5 Å². The molecular formula is C12H13FN2O5. The molecule has 0 saturated carbocycles. The van der Waals surface area contributed by atoms with Crippen LogP contribution in [0.25, 0.3) is 0 Å². The molecule has 1 aromatic carbocycles. The van der Waals surface area contributed by atoms with Gasteiger partial charge in [-0.1, -0.05) is 0 Å². The van der Waals surface area contributed by atoms with E-state index < -0.39 is 35.2 Å². The Labute approximate surface area is 113 Å². The Balaban J connectivity index is 2.80. The molecule has 0 heterocycles. The number of hydrogen-bond donors (Lipinski definition) is 4. The second-order valence-corrected chi connectivity index (χ2v) is 4.03. The lowest BCUT2D eigenvalue weighted by atomic mass is 10.1. The quantitative estimate of drug-likeness (QED) is 0.583. The van der Waals surface area contributed by atoms with Gasteiger partial charge in [-0.25, -0.2) is 9.18 Å². The number of carboxylic acids is 1. The normalized spacial score (nSPS) is 11.7. The van der Waals surface area contributed by atoms with Crippen molar-refractivity contribution in [2.75, 3.05) is 0 Å². The van der Waals surface area contributed by atoms with E-state index in [4.69, 9.17) is 15.9 Å². The zero-order valence-electron chi connectivity index (χ0n) is 10.3. The largest absolute Gasteiger partial charge is 0.508 e. The summed E-state index contributed by atoms with van der Waals surface area (Å²) in [7, 11) is 0. The van der Waals surface area contributed by atoms with Gasteiger partial charge >= 0.3 is 5.97 Å². The number of hydrogen-bond acceptors (Lipinski definition) is 4. The third-order valence-corrected chi connectivity index (χ3v) is 2.48. The Morgan fingerprint density at radius 1 is 1.35 bits per heavy atom. The van der Waals surface area contributed by atoms with Crippen molar-refractivity contribution in [1.82, 2.24) is 5.32 Å². The van der Waals surface area contributed by atoms with E-state index in [1.165, 1.54) is 0 Å². The number of aromatic hydroxyl groups is 1. The van der Waals surface area contributed by atoms with Crippen molar-refractivity contribution < 1.29 is 29.0 Å². The minimum absolute atomic E-state index is 0.198. The molecule has 0 fully saturated rings. The fraction of sp³-hybridized carbons (Fsp3) is 0.250. The number of carbonyl (C=O) groups is 3. The number of nitrogens with two attached hydrogens (primary N) is 1. The highest BCUT2D eigenvalue weighted by atomic mass is 19.1. The number of carboxylic acid groups (broad SMARTS) is 1. The second-order valence-electron chi connectivity index (χ2n) is 4.03. The van der Waals surface area contributed by atoms with E-state index >= 15 is 0 Å². The van der Waals surface area contributed by atoms with Crippen LogP contribution < -0.4 is 11.1 Å². The lowest BCUT2D eigenvalue weighted by Crippen LogP contribution is -2.41. The number of rotatable bonds is 6. The van der Waals surface area contributed by atoms with Crippen molar-refractivity contribution in [2.24, 2.45) is 5.73 Å². The van der Waals surface area contributed by atoms with E-state index in [1.807, 2.05) is 0 Å². The van der Waals surface area contributed by atoms with Crippen LogP contribution in [0.4, 0.5) is 4.39 Å². The molecule has 108 valence electrons. The number of phenols is 1. The molecule has 0 aliphatic carbocycles. The van der Waals surface area contributed by atoms with E-state index in [-0.39, 0.29) is 18.6 Å². The molecule has 1 aromatic rings. The fourth-order valence-electron chi connectivity index (χ4n) is 1.47. The van der Waals surface area contributed by atoms with E-state index in [0.29, 0.717) is 0 Å². The monoisotopic (exact) mass is 284 g/mol.